The van der Waals surface area contributed by atoms with Crippen LogP contribution in [0.5, 0.6) is 0 Å². The molecule has 0 aliphatic carbocycles. The maximum absolute atomic E-state index is 12.3. The van der Waals surface area contributed by atoms with Crippen molar-refractivity contribution in [3.63, 3.8) is 0 Å². The number of nitriles is 1. The van der Waals surface area contributed by atoms with Gasteiger partial charge < -0.3 is 9.80 Å². The van der Waals surface area contributed by atoms with Gasteiger partial charge in [0.25, 0.3) is 0 Å². The van der Waals surface area contributed by atoms with Crippen LogP contribution in [0.15, 0.2) is 18.2 Å². The number of amides is 1. The molecule has 1 aliphatic rings. The first kappa shape index (κ1) is 15.7. The van der Waals surface area contributed by atoms with E-state index in [2.05, 4.69) is 11.0 Å². The molecule has 112 valence electrons. The fourth-order valence-electron chi connectivity index (χ4n) is 2.50. The number of piperazine rings is 1. The average molecular weight is 306 g/mol. The Kier molecular flexibility index (Phi) is 4.43. The van der Waals surface area contributed by atoms with Crippen molar-refractivity contribution in [3.8, 4) is 6.07 Å². The highest BCUT2D eigenvalue weighted by molar-refractivity contribution is 6.30. The predicted molar refractivity (Wildman–Crippen MR) is 84.4 cm³/mol. The molecule has 1 aromatic rings. The molecule has 5 heteroatoms. The molecule has 1 fully saturated rings. The number of halogens is 1. The Labute approximate surface area is 130 Å². The second kappa shape index (κ2) is 5.95. The molecule has 1 aliphatic heterocycles. The lowest BCUT2D eigenvalue weighted by atomic mass is 9.94. The van der Waals surface area contributed by atoms with E-state index in [1.165, 1.54) is 0 Å². The van der Waals surface area contributed by atoms with Crippen molar-refractivity contribution in [2.75, 3.05) is 31.1 Å². The van der Waals surface area contributed by atoms with Crippen LogP contribution in [-0.2, 0) is 4.79 Å². The van der Waals surface area contributed by atoms with Gasteiger partial charge >= 0.3 is 0 Å². The molecule has 0 N–H and O–H groups in total. The summed E-state index contributed by atoms with van der Waals surface area (Å²) >= 11 is 5.93. The standard InChI is InChI=1S/C16H20ClN3O/c1-16(2,3)15(21)20-8-6-19(7-9-20)14-5-4-13(17)10-12(14)11-18/h4-5,10H,6-9H2,1-3H3. The van der Waals surface area contributed by atoms with E-state index in [4.69, 9.17) is 11.6 Å². The number of benzene rings is 1. The number of hydrogen-bond donors (Lipinski definition) is 0. The number of carbonyl (C=O) groups is 1. The summed E-state index contributed by atoms with van der Waals surface area (Å²) in [6.45, 7) is 8.65. The minimum Gasteiger partial charge on any atom is -0.367 e. The summed E-state index contributed by atoms with van der Waals surface area (Å²) in [6, 6.07) is 7.54. The van der Waals surface area contributed by atoms with E-state index in [1.54, 1.807) is 12.1 Å². The quantitative estimate of drug-likeness (QED) is 0.801. The van der Waals surface area contributed by atoms with E-state index >= 15 is 0 Å². The van der Waals surface area contributed by atoms with Gasteiger partial charge in [0.05, 0.1) is 11.3 Å². The molecule has 0 bridgehead atoms. The van der Waals surface area contributed by atoms with Crippen molar-refractivity contribution in [2.45, 2.75) is 20.8 Å². The first-order valence-corrected chi connectivity index (χ1v) is 7.44. The Bertz CT molecular complexity index is 578. The third-order valence-corrected chi connectivity index (χ3v) is 3.86. The summed E-state index contributed by atoms with van der Waals surface area (Å²) in [5.41, 5.74) is 1.13. The summed E-state index contributed by atoms with van der Waals surface area (Å²) in [6.07, 6.45) is 0. The van der Waals surface area contributed by atoms with Gasteiger partial charge in [-0.1, -0.05) is 32.4 Å². The maximum atomic E-state index is 12.3. The maximum Gasteiger partial charge on any atom is 0.228 e. The Morgan fingerprint density at radius 3 is 2.38 bits per heavy atom. The van der Waals surface area contributed by atoms with Crippen LogP contribution in [0.3, 0.4) is 0 Å². The molecule has 0 radical (unpaired) electrons. The zero-order chi connectivity index (χ0) is 15.6. The smallest absolute Gasteiger partial charge is 0.228 e. The fraction of sp³-hybridized carbons (Fsp3) is 0.500. The number of nitrogens with zero attached hydrogens (tertiary/aromatic N) is 3. The van der Waals surface area contributed by atoms with Gasteiger partial charge in [-0.05, 0) is 18.2 Å². The Balaban J connectivity index is 2.09. The van der Waals surface area contributed by atoms with Crippen LogP contribution in [0.25, 0.3) is 0 Å². The number of hydrogen-bond acceptors (Lipinski definition) is 3. The summed E-state index contributed by atoms with van der Waals surface area (Å²) in [7, 11) is 0. The third kappa shape index (κ3) is 3.48. The van der Waals surface area contributed by atoms with Crippen molar-refractivity contribution in [1.82, 2.24) is 4.90 Å². The number of carbonyl (C=O) groups excluding carboxylic acids is 1. The number of anilines is 1. The molecule has 1 saturated heterocycles. The minimum absolute atomic E-state index is 0.179. The van der Waals surface area contributed by atoms with Crippen molar-refractivity contribution < 1.29 is 4.79 Å². The molecule has 0 aromatic heterocycles. The van der Waals surface area contributed by atoms with Gasteiger partial charge in [-0.3, -0.25) is 4.79 Å². The second-order valence-corrected chi connectivity index (χ2v) is 6.74. The lowest BCUT2D eigenvalue weighted by Crippen LogP contribution is -2.51. The molecular weight excluding hydrogens is 286 g/mol. The molecule has 2 rings (SSSR count). The molecule has 1 heterocycles. The van der Waals surface area contributed by atoms with Gasteiger partial charge in [0.15, 0.2) is 0 Å². The van der Waals surface area contributed by atoms with Gasteiger partial charge in [-0.2, -0.15) is 5.26 Å². The number of rotatable bonds is 1. The predicted octanol–water partition coefficient (Wildman–Crippen LogP) is 2.91. The van der Waals surface area contributed by atoms with E-state index < -0.39 is 0 Å². The van der Waals surface area contributed by atoms with Gasteiger partial charge in [0.1, 0.15) is 6.07 Å². The minimum atomic E-state index is -0.347. The highest BCUT2D eigenvalue weighted by Gasteiger charge is 2.30. The first-order chi connectivity index (χ1) is 9.82. The van der Waals surface area contributed by atoms with Crippen LogP contribution in [0, 0.1) is 16.7 Å². The van der Waals surface area contributed by atoms with Gasteiger partial charge in [0, 0.05) is 36.6 Å². The van der Waals surface area contributed by atoms with Crippen molar-refractivity contribution in [1.29, 1.82) is 5.26 Å². The Hall–Kier alpha value is -1.73. The Morgan fingerprint density at radius 2 is 1.86 bits per heavy atom. The largest absolute Gasteiger partial charge is 0.367 e. The highest BCUT2D eigenvalue weighted by Crippen LogP contribution is 2.26. The van der Waals surface area contributed by atoms with E-state index in [1.807, 2.05) is 31.7 Å². The molecule has 21 heavy (non-hydrogen) atoms. The topological polar surface area (TPSA) is 47.3 Å². The van der Waals surface area contributed by atoms with Gasteiger partial charge in [-0.15, -0.1) is 0 Å². The third-order valence-electron chi connectivity index (χ3n) is 3.63. The summed E-state index contributed by atoms with van der Waals surface area (Å²) in [5, 5.41) is 9.79. The van der Waals surface area contributed by atoms with Gasteiger partial charge in [0.2, 0.25) is 5.91 Å². The zero-order valence-electron chi connectivity index (χ0n) is 12.7. The molecule has 0 saturated carbocycles. The van der Waals surface area contributed by atoms with E-state index in [9.17, 15) is 10.1 Å². The Morgan fingerprint density at radius 1 is 1.24 bits per heavy atom. The molecule has 1 aromatic carbocycles. The fourth-order valence-corrected chi connectivity index (χ4v) is 2.67. The van der Waals surface area contributed by atoms with Crippen LogP contribution < -0.4 is 4.90 Å². The second-order valence-electron chi connectivity index (χ2n) is 6.30. The monoisotopic (exact) mass is 305 g/mol. The zero-order valence-corrected chi connectivity index (χ0v) is 13.4. The molecule has 1 amide bonds. The van der Waals surface area contributed by atoms with Crippen molar-refractivity contribution >= 4 is 23.2 Å². The SMILES string of the molecule is CC(C)(C)C(=O)N1CCN(c2ccc(Cl)cc2C#N)CC1. The van der Waals surface area contributed by atoms with Crippen LogP contribution in [0.1, 0.15) is 26.3 Å². The van der Waals surface area contributed by atoms with Crippen molar-refractivity contribution in [2.24, 2.45) is 5.41 Å². The average Bonchev–Trinajstić information content (AvgIpc) is 2.45. The normalized spacial score (nSPS) is 15.8. The first-order valence-electron chi connectivity index (χ1n) is 7.07. The molecular formula is C16H20ClN3O. The van der Waals surface area contributed by atoms with E-state index in [-0.39, 0.29) is 11.3 Å². The molecule has 0 spiro atoms. The lowest BCUT2D eigenvalue weighted by Gasteiger charge is -2.39. The van der Waals surface area contributed by atoms with Crippen LogP contribution in [0.4, 0.5) is 5.69 Å². The summed E-state index contributed by atoms with van der Waals surface area (Å²) in [5.74, 6) is 0.179. The van der Waals surface area contributed by atoms with Crippen LogP contribution in [-0.4, -0.2) is 37.0 Å². The molecule has 4 nitrogen and oxygen atoms in total. The molecule has 0 unspecified atom stereocenters. The highest BCUT2D eigenvalue weighted by atomic mass is 35.5. The van der Waals surface area contributed by atoms with E-state index in [0.29, 0.717) is 23.7 Å². The van der Waals surface area contributed by atoms with Crippen LogP contribution >= 0.6 is 11.6 Å². The molecule has 0 atom stereocenters. The van der Waals surface area contributed by atoms with Crippen molar-refractivity contribution in [3.05, 3.63) is 28.8 Å². The van der Waals surface area contributed by atoms with E-state index in [0.717, 1.165) is 18.8 Å². The summed E-state index contributed by atoms with van der Waals surface area (Å²) < 4.78 is 0. The van der Waals surface area contributed by atoms with Crippen LogP contribution in [0.2, 0.25) is 5.02 Å². The van der Waals surface area contributed by atoms with Gasteiger partial charge in [-0.25, -0.2) is 0 Å². The lowest BCUT2D eigenvalue weighted by molar-refractivity contribution is -0.139. The summed E-state index contributed by atoms with van der Waals surface area (Å²) in [4.78, 5) is 16.3.